The highest BCUT2D eigenvalue weighted by molar-refractivity contribution is 14.1. The Morgan fingerprint density at radius 2 is 2.00 bits per heavy atom. The molecule has 2 aromatic rings. The fourth-order valence-corrected chi connectivity index (χ4v) is 3.88. The Balaban J connectivity index is 2.26. The van der Waals surface area contributed by atoms with Crippen molar-refractivity contribution in [3.63, 3.8) is 0 Å². The maximum atomic E-state index is 4.70. The summed E-state index contributed by atoms with van der Waals surface area (Å²) in [6, 6.07) is 4.73. The summed E-state index contributed by atoms with van der Waals surface area (Å²) in [5, 5.41) is 0. The summed E-state index contributed by atoms with van der Waals surface area (Å²) in [6.07, 6.45) is 2.69. The Hall–Kier alpha value is -0.160. The van der Waals surface area contributed by atoms with Crippen LogP contribution in [-0.2, 0) is 5.41 Å². The van der Waals surface area contributed by atoms with Crippen molar-refractivity contribution in [1.82, 2.24) is 4.98 Å². The topological polar surface area (TPSA) is 12.9 Å². The number of nitrogens with zero attached hydrogens (tertiary/aromatic N) is 1. The van der Waals surface area contributed by atoms with Gasteiger partial charge in [-0.3, -0.25) is 0 Å². The van der Waals surface area contributed by atoms with E-state index in [-0.39, 0.29) is 5.41 Å². The molecule has 1 aliphatic carbocycles. The number of benzene rings is 1. The Morgan fingerprint density at radius 3 is 2.59 bits per heavy atom. The first-order valence-electron chi connectivity index (χ1n) is 6.05. The van der Waals surface area contributed by atoms with E-state index in [0.717, 1.165) is 8.93 Å². The molecule has 1 aliphatic rings. The Kier molecular flexibility index (Phi) is 2.74. The molecular weight excluding hydrogens is 341 g/mol. The van der Waals surface area contributed by atoms with Crippen LogP contribution in [0.25, 0.3) is 10.2 Å². The van der Waals surface area contributed by atoms with Gasteiger partial charge in [0.05, 0.1) is 10.2 Å². The molecule has 0 amide bonds. The molecule has 1 aromatic heterocycles. The van der Waals surface area contributed by atoms with E-state index in [1.54, 1.807) is 0 Å². The summed E-state index contributed by atoms with van der Waals surface area (Å²) in [6.45, 7) is 6.87. The third-order valence-electron chi connectivity index (χ3n) is 3.38. The fourth-order valence-electron chi connectivity index (χ4n) is 2.17. The molecule has 1 nitrogen and oxygen atoms in total. The van der Waals surface area contributed by atoms with Crippen molar-refractivity contribution in [3.8, 4) is 0 Å². The second kappa shape index (κ2) is 3.92. The van der Waals surface area contributed by atoms with Crippen molar-refractivity contribution < 1.29 is 0 Å². The quantitative estimate of drug-likeness (QED) is 0.649. The third kappa shape index (κ3) is 2.24. The normalized spacial score (nSPS) is 16.7. The van der Waals surface area contributed by atoms with Crippen LogP contribution in [-0.4, -0.2) is 4.98 Å². The van der Waals surface area contributed by atoms with Gasteiger partial charge in [-0.05, 0) is 64.0 Å². The summed E-state index contributed by atoms with van der Waals surface area (Å²) >= 11 is 4.15. The maximum Gasteiger partial charge on any atom is 0.155 e. The Bertz CT molecular complexity index is 576. The minimum atomic E-state index is 0.229. The number of thiazole rings is 1. The second-order valence-corrected chi connectivity index (χ2v) is 8.69. The summed E-state index contributed by atoms with van der Waals surface area (Å²) < 4.78 is 2.52. The SMILES string of the molecule is CC(C)(C)c1cc(C2CC2)c2nc(I)sc2c1. The summed E-state index contributed by atoms with van der Waals surface area (Å²) in [4.78, 5) is 4.70. The zero-order chi connectivity index (χ0) is 12.2. The van der Waals surface area contributed by atoms with Crippen LogP contribution in [0.4, 0.5) is 0 Å². The molecule has 0 saturated heterocycles. The van der Waals surface area contributed by atoms with Crippen LogP contribution in [0.3, 0.4) is 0 Å². The lowest BCUT2D eigenvalue weighted by molar-refractivity contribution is 0.590. The van der Waals surface area contributed by atoms with Crippen LogP contribution in [0, 0.1) is 3.01 Å². The summed E-state index contributed by atoms with van der Waals surface area (Å²) in [5.41, 5.74) is 4.43. The highest BCUT2D eigenvalue weighted by Gasteiger charge is 2.28. The van der Waals surface area contributed by atoms with Crippen molar-refractivity contribution in [2.75, 3.05) is 0 Å². The van der Waals surface area contributed by atoms with E-state index >= 15 is 0 Å². The van der Waals surface area contributed by atoms with Gasteiger partial charge in [0.15, 0.2) is 3.01 Å². The molecular formula is C14H16INS. The zero-order valence-electron chi connectivity index (χ0n) is 10.4. The van der Waals surface area contributed by atoms with Gasteiger partial charge in [-0.15, -0.1) is 11.3 Å². The monoisotopic (exact) mass is 357 g/mol. The van der Waals surface area contributed by atoms with Gasteiger partial charge in [0.1, 0.15) is 0 Å². The van der Waals surface area contributed by atoms with E-state index in [1.165, 1.54) is 34.2 Å². The first-order valence-corrected chi connectivity index (χ1v) is 7.95. The molecule has 0 spiro atoms. The molecule has 90 valence electrons. The number of fused-ring (bicyclic) bond motifs is 1. The Morgan fingerprint density at radius 1 is 1.29 bits per heavy atom. The van der Waals surface area contributed by atoms with E-state index in [9.17, 15) is 0 Å². The zero-order valence-corrected chi connectivity index (χ0v) is 13.4. The fraction of sp³-hybridized carbons (Fsp3) is 0.500. The van der Waals surface area contributed by atoms with Gasteiger partial charge in [-0.2, -0.15) is 0 Å². The van der Waals surface area contributed by atoms with E-state index in [2.05, 4.69) is 55.5 Å². The molecule has 1 saturated carbocycles. The molecule has 0 atom stereocenters. The van der Waals surface area contributed by atoms with Crippen molar-refractivity contribution in [2.24, 2.45) is 0 Å². The highest BCUT2D eigenvalue weighted by atomic mass is 127. The van der Waals surface area contributed by atoms with Crippen LogP contribution in [0.5, 0.6) is 0 Å². The molecule has 3 heteroatoms. The van der Waals surface area contributed by atoms with Gasteiger partial charge in [0.2, 0.25) is 0 Å². The molecule has 0 unspecified atom stereocenters. The molecule has 0 N–H and O–H groups in total. The van der Waals surface area contributed by atoms with Gasteiger partial charge < -0.3 is 0 Å². The average Bonchev–Trinajstić information content (AvgIpc) is 2.97. The second-order valence-electron chi connectivity index (χ2n) is 5.90. The number of rotatable bonds is 1. The molecule has 1 aromatic carbocycles. The van der Waals surface area contributed by atoms with E-state index in [1.807, 2.05) is 11.3 Å². The number of hydrogen-bond donors (Lipinski definition) is 0. The van der Waals surface area contributed by atoms with Crippen molar-refractivity contribution in [1.29, 1.82) is 0 Å². The number of hydrogen-bond acceptors (Lipinski definition) is 2. The molecule has 3 rings (SSSR count). The van der Waals surface area contributed by atoms with E-state index in [4.69, 9.17) is 4.98 Å². The Labute approximate surface area is 120 Å². The maximum absolute atomic E-state index is 4.70. The van der Waals surface area contributed by atoms with Gasteiger partial charge in [0, 0.05) is 0 Å². The lowest BCUT2D eigenvalue weighted by atomic mass is 9.85. The van der Waals surface area contributed by atoms with Gasteiger partial charge in [-0.25, -0.2) is 4.98 Å². The first kappa shape index (κ1) is 11.9. The van der Waals surface area contributed by atoms with Crippen LogP contribution < -0.4 is 0 Å². The molecule has 1 fully saturated rings. The largest absolute Gasteiger partial charge is 0.230 e. The van der Waals surface area contributed by atoms with E-state index in [0.29, 0.717) is 0 Å². The van der Waals surface area contributed by atoms with Crippen LogP contribution >= 0.6 is 33.9 Å². The van der Waals surface area contributed by atoms with Crippen molar-refractivity contribution in [3.05, 3.63) is 26.3 Å². The third-order valence-corrected chi connectivity index (χ3v) is 5.07. The highest BCUT2D eigenvalue weighted by Crippen LogP contribution is 2.45. The van der Waals surface area contributed by atoms with Gasteiger partial charge in [0.25, 0.3) is 0 Å². The van der Waals surface area contributed by atoms with Crippen molar-refractivity contribution in [2.45, 2.75) is 44.9 Å². The molecule has 0 radical (unpaired) electrons. The first-order chi connectivity index (χ1) is 7.95. The van der Waals surface area contributed by atoms with Crippen LogP contribution in [0.15, 0.2) is 12.1 Å². The molecule has 17 heavy (non-hydrogen) atoms. The lowest BCUT2D eigenvalue weighted by Crippen LogP contribution is -2.11. The van der Waals surface area contributed by atoms with Gasteiger partial charge in [-0.1, -0.05) is 26.8 Å². The smallest absolute Gasteiger partial charge is 0.155 e. The number of aromatic nitrogens is 1. The average molecular weight is 357 g/mol. The van der Waals surface area contributed by atoms with Crippen LogP contribution in [0.1, 0.15) is 50.7 Å². The molecule has 1 heterocycles. The standard InChI is InChI=1S/C14H16INS/c1-14(2,3)9-6-10(8-4-5-8)12-11(7-9)17-13(15)16-12/h6-8H,4-5H2,1-3H3. The summed E-state index contributed by atoms with van der Waals surface area (Å²) in [5.74, 6) is 0.776. The number of halogens is 1. The van der Waals surface area contributed by atoms with Gasteiger partial charge >= 0.3 is 0 Å². The molecule has 0 aliphatic heterocycles. The predicted molar refractivity (Wildman–Crippen MR) is 83.0 cm³/mol. The summed E-state index contributed by atoms with van der Waals surface area (Å²) in [7, 11) is 0. The van der Waals surface area contributed by atoms with Crippen LogP contribution in [0.2, 0.25) is 0 Å². The lowest BCUT2D eigenvalue weighted by Gasteiger charge is -2.20. The molecule has 0 bridgehead atoms. The minimum absolute atomic E-state index is 0.229. The minimum Gasteiger partial charge on any atom is -0.230 e. The predicted octanol–water partition coefficient (Wildman–Crippen LogP) is 5.08. The van der Waals surface area contributed by atoms with Crippen molar-refractivity contribution >= 4 is 44.1 Å². The van der Waals surface area contributed by atoms with E-state index < -0.39 is 0 Å².